The summed E-state index contributed by atoms with van der Waals surface area (Å²) in [6.07, 6.45) is 4.73. The third-order valence-corrected chi connectivity index (χ3v) is 15.7. The highest BCUT2D eigenvalue weighted by molar-refractivity contribution is 6.71. The number of hydrogen-bond acceptors (Lipinski definition) is 7. The van der Waals surface area contributed by atoms with Gasteiger partial charge in [-0.3, -0.25) is 19.2 Å². The standard InChI is InChI=1S/C48H52N6O7Si/c1-29-46(62(2,3)60)42(24-45(58)53-20-8-9-35(53)28-55)61-48(29)38-23-34(52-44(57)22-32-26-50-40-13-7-5-11-37(32)40)18-19-41(38)54(47(48)59)27-30-14-16-33(17-15-30)51-43(56)21-31-25-49-39-12-6-4-10-36(31)39/h4-7,10-19,23,25-26,29,35,42,46,49-50,55,60H,8-9,20-22,24,27-28H2,1-3H3,(H,51,56)(H,52,57)/t29-,35+,42+,46-,48+/m1/s1. The van der Waals surface area contributed by atoms with E-state index in [0.29, 0.717) is 35.6 Å². The molecule has 2 fully saturated rings. The van der Waals surface area contributed by atoms with Crippen LogP contribution in [0.5, 0.6) is 0 Å². The number of benzene rings is 4. The fourth-order valence-electron chi connectivity index (χ4n) is 10.3. The maximum Gasteiger partial charge on any atom is 0.264 e. The number of aliphatic hydroxyl groups excluding tert-OH is 1. The highest BCUT2D eigenvalue weighted by Crippen LogP contribution is 2.60. The molecule has 4 aromatic carbocycles. The van der Waals surface area contributed by atoms with Crippen LogP contribution in [0.4, 0.5) is 17.1 Å². The summed E-state index contributed by atoms with van der Waals surface area (Å²) in [6, 6.07) is 28.2. The molecule has 9 rings (SSSR count). The van der Waals surface area contributed by atoms with E-state index in [1.807, 2.05) is 111 Å². The second-order valence-electron chi connectivity index (χ2n) is 17.6. The molecule has 0 radical (unpaired) electrons. The Morgan fingerprint density at radius 3 is 2.06 bits per heavy atom. The molecule has 320 valence electrons. The third-order valence-electron chi connectivity index (χ3n) is 13.2. The van der Waals surface area contributed by atoms with Crippen LogP contribution in [-0.2, 0) is 48.9 Å². The number of aromatic amines is 2. The molecule has 6 aromatic rings. The van der Waals surface area contributed by atoms with Crippen LogP contribution in [0, 0.1) is 5.92 Å². The van der Waals surface area contributed by atoms with Crippen LogP contribution >= 0.6 is 0 Å². The lowest BCUT2D eigenvalue weighted by Gasteiger charge is -2.33. The van der Waals surface area contributed by atoms with Gasteiger partial charge in [0.15, 0.2) is 13.9 Å². The molecule has 4 amide bonds. The van der Waals surface area contributed by atoms with E-state index in [9.17, 15) is 24.3 Å². The Labute approximate surface area is 360 Å². The monoisotopic (exact) mass is 852 g/mol. The molecule has 0 unspecified atom stereocenters. The molecule has 6 N–H and O–H groups in total. The number of anilines is 3. The van der Waals surface area contributed by atoms with E-state index in [1.165, 1.54) is 0 Å². The van der Waals surface area contributed by atoms with Crippen molar-refractivity contribution >= 4 is 70.8 Å². The number of H-pyrrole nitrogens is 2. The smallest absolute Gasteiger partial charge is 0.264 e. The van der Waals surface area contributed by atoms with Crippen molar-refractivity contribution < 1.29 is 33.8 Å². The summed E-state index contributed by atoms with van der Waals surface area (Å²) in [5, 5.41) is 18.0. The van der Waals surface area contributed by atoms with Crippen LogP contribution in [0.1, 0.15) is 48.4 Å². The van der Waals surface area contributed by atoms with Gasteiger partial charge < -0.3 is 45.0 Å². The van der Waals surface area contributed by atoms with E-state index in [0.717, 1.165) is 44.9 Å². The maximum atomic E-state index is 15.2. The van der Waals surface area contributed by atoms with Crippen LogP contribution in [0.3, 0.4) is 0 Å². The Kier molecular flexibility index (Phi) is 10.9. The van der Waals surface area contributed by atoms with Gasteiger partial charge in [-0.2, -0.15) is 0 Å². The number of para-hydroxylation sites is 2. The van der Waals surface area contributed by atoms with Crippen LogP contribution in [0.15, 0.2) is 103 Å². The van der Waals surface area contributed by atoms with Gasteiger partial charge in [0.2, 0.25) is 17.7 Å². The quantitative estimate of drug-likeness (QED) is 0.0739. The molecule has 13 nitrogen and oxygen atoms in total. The van der Waals surface area contributed by atoms with E-state index in [1.54, 1.807) is 21.9 Å². The van der Waals surface area contributed by atoms with Crippen molar-refractivity contribution in [1.82, 2.24) is 14.9 Å². The second kappa shape index (κ2) is 16.3. The minimum Gasteiger partial charge on any atom is -0.432 e. The molecular weight excluding hydrogens is 801 g/mol. The first-order valence-electron chi connectivity index (χ1n) is 21.4. The van der Waals surface area contributed by atoms with Crippen LogP contribution < -0.4 is 15.5 Å². The first-order chi connectivity index (χ1) is 29.8. The highest BCUT2D eigenvalue weighted by atomic mass is 28.4. The van der Waals surface area contributed by atoms with Gasteiger partial charge in [0.1, 0.15) is 0 Å². The van der Waals surface area contributed by atoms with Crippen molar-refractivity contribution in [2.75, 3.05) is 28.7 Å². The molecule has 62 heavy (non-hydrogen) atoms. The first-order valence-corrected chi connectivity index (χ1v) is 24.4. The van der Waals surface area contributed by atoms with Gasteiger partial charge in [0.25, 0.3) is 5.91 Å². The predicted molar refractivity (Wildman–Crippen MR) is 241 cm³/mol. The highest BCUT2D eigenvalue weighted by Gasteiger charge is 2.66. The van der Waals surface area contributed by atoms with E-state index in [2.05, 4.69) is 20.6 Å². The lowest BCUT2D eigenvalue weighted by Crippen LogP contribution is -2.46. The van der Waals surface area contributed by atoms with Crippen LogP contribution in [0.2, 0.25) is 18.6 Å². The van der Waals surface area contributed by atoms with Gasteiger partial charge >= 0.3 is 0 Å². The molecule has 0 aliphatic carbocycles. The number of fused-ring (bicyclic) bond motifs is 4. The SMILES string of the molecule is C[C@@H]1[C@@H]([Si](C)(C)O)[C@H](CC(=O)N2CCC[C@H]2CO)O[C@@]12C(=O)N(Cc1ccc(NC(=O)Cc3c[nH]c4ccccc34)cc1)c1ccc(NC(=O)Cc3c[nH]c4ccccc34)cc12. The summed E-state index contributed by atoms with van der Waals surface area (Å²) < 4.78 is 7.00. The van der Waals surface area contributed by atoms with Gasteiger partial charge in [-0.15, -0.1) is 0 Å². The van der Waals surface area contributed by atoms with Gasteiger partial charge in [0.05, 0.1) is 50.2 Å². The largest absolute Gasteiger partial charge is 0.432 e. The number of likely N-dealkylation sites (tertiary alicyclic amines) is 1. The fraction of sp³-hybridized carbons (Fsp3) is 0.333. The molecule has 2 saturated heterocycles. The van der Waals surface area contributed by atoms with Crippen LogP contribution in [0.25, 0.3) is 21.8 Å². The summed E-state index contributed by atoms with van der Waals surface area (Å²) in [5.74, 6) is -1.41. The van der Waals surface area contributed by atoms with E-state index in [-0.39, 0.29) is 62.1 Å². The Balaban J connectivity index is 1.00. The van der Waals surface area contributed by atoms with E-state index < -0.39 is 31.5 Å². The molecule has 3 aliphatic heterocycles. The zero-order chi connectivity index (χ0) is 43.3. The minimum absolute atomic E-state index is 0.0403. The van der Waals surface area contributed by atoms with Crippen molar-refractivity contribution in [2.24, 2.45) is 5.92 Å². The zero-order valence-electron chi connectivity index (χ0n) is 35.1. The zero-order valence-corrected chi connectivity index (χ0v) is 36.1. The topological polar surface area (TPSA) is 180 Å². The number of nitrogens with one attached hydrogen (secondary N) is 4. The Hall–Kier alpha value is -6.06. The van der Waals surface area contributed by atoms with Gasteiger partial charge in [-0.1, -0.05) is 55.5 Å². The van der Waals surface area contributed by atoms with E-state index >= 15 is 4.79 Å². The molecule has 3 aliphatic rings. The minimum atomic E-state index is -3.10. The number of nitrogens with zero attached hydrogens (tertiary/aromatic N) is 2. The lowest BCUT2D eigenvalue weighted by molar-refractivity contribution is -0.150. The van der Waals surface area contributed by atoms with E-state index in [4.69, 9.17) is 4.74 Å². The number of hydrogen-bond donors (Lipinski definition) is 6. The summed E-state index contributed by atoms with van der Waals surface area (Å²) in [5.41, 5.74) is 4.71. The van der Waals surface area contributed by atoms with Crippen molar-refractivity contribution in [3.63, 3.8) is 0 Å². The fourth-order valence-corrected chi connectivity index (χ4v) is 12.9. The average molecular weight is 853 g/mol. The summed E-state index contributed by atoms with van der Waals surface area (Å²) >= 11 is 0. The van der Waals surface area contributed by atoms with Crippen LogP contribution in [-0.4, -0.2) is 82.0 Å². The average Bonchev–Trinajstić information content (AvgIpc) is 4.08. The molecule has 0 saturated carbocycles. The Bertz CT molecular complexity index is 2690. The lowest BCUT2D eigenvalue weighted by atomic mass is 9.82. The number of aromatic nitrogens is 2. The number of carbonyl (C=O) groups is 4. The van der Waals surface area contributed by atoms with Crippen molar-refractivity contribution in [2.45, 2.75) is 82.0 Å². The molecule has 0 bridgehead atoms. The third kappa shape index (κ3) is 7.50. The molecule has 14 heteroatoms. The summed E-state index contributed by atoms with van der Waals surface area (Å²) in [4.78, 5) is 77.5. The van der Waals surface area contributed by atoms with Gasteiger partial charge in [0, 0.05) is 69.1 Å². The summed E-state index contributed by atoms with van der Waals surface area (Å²) in [6.45, 7) is 6.15. The number of carbonyl (C=O) groups excluding carboxylic acids is 4. The second-order valence-corrected chi connectivity index (χ2v) is 21.6. The maximum absolute atomic E-state index is 15.2. The van der Waals surface area contributed by atoms with Crippen molar-refractivity contribution in [1.29, 1.82) is 0 Å². The number of ether oxygens (including phenoxy) is 1. The van der Waals surface area contributed by atoms with Crippen molar-refractivity contribution in [3.05, 3.63) is 126 Å². The van der Waals surface area contributed by atoms with Gasteiger partial charge in [-0.25, -0.2) is 0 Å². The van der Waals surface area contributed by atoms with Crippen molar-refractivity contribution in [3.8, 4) is 0 Å². The Morgan fingerprint density at radius 2 is 1.45 bits per heavy atom. The first kappa shape index (κ1) is 41.3. The summed E-state index contributed by atoms with van der Waals surface area (Å²) in [7, 11) is -3.10. The number of rotatable bonds is 12. The molecule has 1 spiro atoms. The number of aliphatic hydroxyl groups is 1. The number of amides is 4. The molecule has 5 atom stereocenters. The molecule has 2 aromatic heterocycles. The molecule has 5 heterocycles. The Morgan fingerprint density at radius 1 is 0.855 bits per heavy atom. The predicted octanol–water partition coefficient (Wildman–Crippen LogP) is 6.73. The molecular formula is C48H52N6O7Si. The normalized spacial score (nSPS) is 22.2. The van der Waals surface area contributed by atoms with Gasteiger partial charge in [-0.05, 0) is 85.1 Å².